The predicted octanol–water partition coefficient (Wildman–Crippen LogP) is 2.84. The Morgan fingerprint density at radius 2 is 2.00 bits per heavy atom. The van der Waals surface area contributed by atoms with Crippen LogP contribution in [0.2, 0.25) is 0 Å². The van der Waals surface area contributed by atoms with Gasteiger partial charge in [-0.2, -0.15) is 0 Å². The summed E-state index contributed by atoms with van der Waals surface area (Å²) in [7, 11) is 0. The van der Waals surface area contributed by atoms with Crippen LogP contribution < -0.4 is 5.32 Å². The minimum atomic E-state index is -0.854. The molecule has 1 amide bonds. The molecule has 0 saturated carbocycles. The molecule has 1 aromatic rings. The number of amides is 1. The third kappa shape index (κ3) is 4.67. The highest BCUT2D eigenvalue weighted by atomic mass is 32.1. The van der Waals surface area contributed by atoms with E-state index < -0.39 is 11.9 Å². The molecule has 5 heteroatoms. The average Bonchev–Trinajstić information content (AvgIpc) is 2.64. The highest BCUT2D eigenvalue weighted by molar-refractivity contribution is 7.14. The first kappa shape index (κ1) is 15.7. The molecule has 0 bridgehead atoms. The van der Waals surface area contributed by atoms with Crippen molar-refractivity contribution in [2.24, 2.45) is 11.8 Å². The van der Waals surface area contributed by atoms with Gasteiger partial charge in [0, 0.05) is 11.4 Å². The van der Waals surface area contributed by atoms with Crippen LogP contribution in [0.15, 0.2) is 6.07 Å². The Hall–Kier alpha value is -1.36. The molecule has 1 heterocycles. The van der Waals surface area contributed by atoms with E-state index in [2.05, 4.69) is 5.32 Å². The summed E-state index contributed by atoms with van der Waals surface area (Å²) in [6.07, 6.45) is 0.568. The van der Waals surface area contributed by atoms with Crippen LogP contribution in [0.25, 0.3) is 0 Å². The molecule has 0 aromatic carbocycles. The van der Waals surface area contributed by atoms with E-state index in [9.17, 15) is 9.59 Å². The first-order valence-corrected chi connectivity index (χ1v) is 7.21. The Labute approximate surface area is 117 Å². The number of aliphatic carboxylic acids is 1. The quantitative estimate of drug-likeness (QED) is 0.843. The van der Waals surface area contributed by atoms with Gasteiger partial charge in [-0.3, -0.25) is 9.59 Å². The third-order valence-corrected chi connectivity index (χ3v) is 4.16. The summed E-state index contributed by atoms with van der Waals surface area (Å²) >= 11 is 1.44. The van der Waals surface area contributed by atoms with Crippen molar-refractivity contribution in [2.45, 2.75) is 34.1 Å². The van der Waals surface area contributed by atoms with Gasteiger partial charge in [0.05, 0.1) is 10.8 Å². The molecule has 0 saturated heterocycles. The van der Waals surface area contributed by atoms with Crippen molar-refractivity contribution < 1.29 is 14.7 Å². The van der Waals surface area contributed by atoms with Crippen molar-refractivity contribution in [3.63, 3.8) is 0 Å². The molecule has 1 rings (SSSR count). The SMILES string of the molecule is Cc1cc(C(=O)NCC(CC(C)C)C(=O)O)sc1C. The maximum atomic E-state index is 11.9. The second-order valence-corrected chi connectivity index (χ2v) is 6.48. The average molecular weight is 283 g/mol. The molecule has 0 aliphatic heterocycles. The summed E-state index contributed by atoms with van der Waals surface area (Å²) in [6, 6.07) is 1.84. The van der Waals surface area contributed by atoms with E-state index in [1.54, 1.807) is 0 Å². The van der Waals surface area contributed by atoms with E-state index in [4.69, 9.17) is 5.11 Å². The van der Waals surface area contributed by atoms with Crippen LogP contribution in [0.4, 0.5) is 0 Å². The maximum Gasteiger partial charge on any atom is 0.308 e. The topological polar surface area (TPSA) is 66.4 Å². The van der Waals surface area contributed by atoms with Crippen molar-refractivity contribution in [3.05, 3.63) is 21.4 Å². The fourth-order valence-corrected chi connectivity index (χ4v) is 2.78. The van der Waals surface area contributed by atoms with E-state index in [0.717, 1.165) is 10.4 Å². The number of hydrogen-bond donors (Lipinski definition) is 2. The van der Waals surface area contributed by atoms with Gasteiger partial charge in [-0.25, -0.2) is 0 Å². The molecule has 0 aliphatic carbocycles. The molecule has 4 nitrogen and oxygen atoms in total. The molecule has 0 aliphatic rings. The number of thiophene rings is 1. The normalized spacial score (nSPS) is 12.5. The van der Waals surface area contributed by atoms with Gasteiger partial charge >= 0.3 is 5.97 Å². The van der Waals surface area contributed by atoms with Gasteiger partial charge in [0.1, 0.15) is 0 Å². The second kappa shape index (κ2) is 6.70. The Bertz CT molecular complexity index is 446. The molecule has 1 aromatic heterocycles. The number of aryl methyl sites for hydroxylation is 2. The van der Waals surface area contributed by atoms with Crippen LogP contribution in [0, 0.1) is 25.7 Å². The lowest BCUT2D eigenvalue weighted by Crippen LogP contribution is -2.33. The number of carboxylic acids is 1. The summed E-state index contributed by atoms with van der Waals surface area (Å²) in [5.41, 5.74) is 1.09. The van der Waals surface area contributed by atoms with Crippen LogP contribution in [0.1, 0.15) is 40.4 Å². The number of carbonyl (C=O) groups is 2. The summed E-state index contributed by atoms with van der Waals surface area (Å²) in [6.45, 7) is 8.06. The third-order valence-electron chi connectivity index (χ3n) is 3.00. The zero-order valence-electron chi connectivity index (χ0n) is 11.8. The lowest BCUT2D eigenvalue weighted by atomic mass is 9.97. The van der Waals surface area contributed by atoms with Crippen molar-refractivity contribution in [3.8, 4) is 0 Å². The second-order valence-electron chi connectivity index (χ2n) is 5.22. The minimum absolute atomic E-state index is 0.183. The molecule has 2 N–H and O–H groups in total. The van der Waals surface area contributed by atoms with Gasteiger partial charge in [0.25, 0.3) is 5.91 Å². The van der Waals surface area contributed by atoms with Crippen molar-refractivity contribution in [2.75, 3.05) is 6.54 Å². The molecule has 1 unspecified atom stereocenters. The largest absolute Gasteiger partial charge is 0.481 e. The number of rotatable bonds is 6. The molecular weight excluding hydrogens is 262 g/mol. The Morgan fingerprint density at radius 1 is 1.37 bits per heavy atom. The van der Waals surface area contributed by atoms with Gasteiger partial charge in [-0.1, -0.05) is 13.8 Å². The van der Waals surface area contributed by atoms with E-state index in [0.29, 0.717) is 17.2 Å². The maximum absolute atomic E-state index is 11.9. The zero-order chi connectivity index (χ0) is 14.6. The lowest BCUT2D eigenvalue weighted by Gasteiger charge is -2.15. The van der Waals surface area contributed by atoms with Gasteiger partial charge in [-0.05, 0) is 37.8 Å². The molecule has 0 radical (unpaired) electrons. The zero-order valence-corrected chi connectivity index (χ0v) is 12.6. The van der Waals surface area contributed by atoms with Crippen LogP contribution >= 0.6 is 11.3 Å². The van der Waals surface area contributed by atoms with E-state index in [1.807, 2.05) is 33.8 Å². The highest BCUT2D eigenvalue weighted by Crippen LogP contribution is 2.20. The smallest absolute Gasteiger partial charge is 0.308 e. The van der Waals surface area contributed by atoms with Crippen molar-refractivity contribution in [1.29, 1.82) is 0 Å². The molecule has 0 spiro atoms. The Kier molecular flexibility index (Phi) is 5.54. The summed E-state index contributed by atoms with van der Waals surface area (Å²) in [5.74, 6) is -1.26. The van der Waals surface area contributed by atoms with Crippen LogP contribution in [-0.2, 0) is 4.79 Å². The van der Waals surface area contributed by atoms with Crippen LogP contribution in [0.3, 0.4) is 0 Å². The number of nitrogens with one attached hydrogen (secondary N) is 1. The standard InChI is InChI=1S/C14H21NO3S/c1-8(2)5-11(14(17)18)7-15-13(16)12-6-9(3)10(4)19-12/h6,8,11H,5,7H2,1-4H3,(H,15,16)(H,17,18). The number of hydrogen-bond acceptors (Lipinski definition) is 3. The fraction of sp³-hybridized carbons (Fsp3) is 0.571. The van der Waals surface area contributed by atoms with Crippen LogP contribution in [0.5, 0.6) is 0 Å². The van der Waals surface area contributed by atoms with Gasteiger partial charge in [0.2, 0.25) is 0 Å². The van der Waals surface area contributed by atoms with Crippen molar-refractivity contribution in [1.82, 2.24) is 5.32 Å². The monoisotopic (exact) mass is 283 g/mol. The van der Waals surface area contributed by atoms with Gasteiger partial charge < -0.3 is 10.4 Å². The van der Waals surface area contributed by atoms with E-state index >= 15 is 0 Å². The molecule has 19 heavy (non-hydrogen) atoms. The minimum Gasteiger partial charge on any atom is -0.481 e. The highest BCUT2D eigenvalue weighted by Gasteiger charge is 2.20. The number of carboxylic acid groups (broad SMARTS) is 1. The lowest BCUT2D eigenvalue weighted by molar-refractivity contribution is -0.142. The Morgan fingerprint density at radius 3 is 2.42 bits per heavy atom. The van der Waals surface area contributed by atoms with E-state index in [1.165, 1.54) is 11.3 Å². The van der Waals surface area contributed by atoms with Gasteiger partial charge in [-0.15, -0.1) is 11.3 Å². The van der Waals surface area contributed by atoms with Crippen LogP contribution in [-0.4, -0.2) is 23.5 Å². The Balaban J connectivity index is 2.59. The fourth-order valence-electron chi connectivity index (χ4n) is 1.83. The predicted molar refractivity (Wildman–Crippen MR) is 76.7 cm³/mol. The van der Waals surface area contributed by atoms with Crippen molar-refractivity contribution >= 4 is 23.2 Å². The summed E-state index contributed by atoms with van der Waals surface area (Å²) in [5, 5.41) is 11.8. The number of carbonyl (C=O) groups excluding carboxylic acids is 1. The summed E-state index contributed by atoms with van der Waals surface area (Å²) < 4.78 is 0. The molecule has 0 fully saturated rings. The van der Waals surface area contributed by atoms with E-state index in [-0.39, 0.29) is 12.5 Å². The molecule has 1 atom stereocenters. The first-order valence-electron chi connectivity index (χ1n) is 6.39. The summed E-state index contributed by atoms with van der Waals surface area (Å²) in [4.78, 5) is 24.8. The van der Waals surface area contributed by atoms with Gasteiger partial charge in [0.15, 0.2) is 0 Å². The molecule has 106 valence electrons. The molecular formula is C14H21NO3S. The first-order chi connectivity index (χ1) is 8.81.